The highest BCUT2D eigenvalue weighted by Gasteiger charge is 2.25. The van der Waals surface area contributed by atoms with Crippen LogP contribution in [-0.4, -0.2) is 87.4 Å². The van der Waals surface area contributed by atoms with Crippen molar-refractivity contribution in [2.24, 2.45) is 0 Å². The SMILES string of the molecule is CC/C=C\C/C=C\C/C=C\C/C=C\C/C=C\CCCCCC(=O)OC(COC(=O)C/C=C\C/C=C\C/C=C\C/C=C\C/C=C\CC)COC(OCC[N+](C)(C)C)C(=O)O. The first-order valence-electron chi connectivity index (χ1n) is 21.7. The first-order valence-corrected chi connectivity index (χ1v) is 21.7. The Labute approximate surface area is 357 Å². The van der Waals surface area contributed by atoms with Crippen molar-refractivity contribution >= 4 is 17.9 Å². The van der Waals surface area contributed by atoms with Crippen LogP contribution in [0.15, 0.2) is 122 Å². The summed E-state index contributed by atoms with van der Waals surface area (Å²) in [6, 6.07) is 0. The number of hydrogen-bond acceptors (Lipinski definition) is 7. The van der Waals surface area contributed by atoms with Crippen molar-refractivity contribution < 1.29 is 42.9 Å². The minimum absolute atomic E-state index is 0.0544. The fourth-order valence-electron chi connectivity index (χ4n) is 4.93. The number of carboxylic acids is 1. The van der Waals surface area contributed by atoms with E-state index in [4.69, 9.17) is 18.9 Å². The molecule has 0 radical (unpaired) electrons. The molecule has 9 heteroatoms. The Hall–Kier alpha value is -4.31. The molecular weight excluding hydrogens is 743 g/mol. The van der Waals surface area contributed by atoms with Crippen LogP contribution in [0.3, 0.4) is 0 Å². The molecule has 0 amide bonds. The van der Waals surface area contributed by atoms with Crippen LogP contribution in [0.25, 0.3) is 0 Å². The molecule has 0 fully saturated rings. The van der Waals surface area contributed by atoms with Gasteiger partial charge < -0.3 is 28.5 Å². The number of nitrogens with zero attached hydrogens (tertiary/aromatic N) is 1. The number of ether oxygens (including phenoxy) is 4. The van der Waals surface area contributed by atoms with Crippen molar-refractivity contribution in [3.63, 3.8) is 0 Å². The lowest BCUT2D eigenvalue weighted by Crippen LogP contribution is -2.40. The average Bonchev–Trinajstić information content (AvgIpc) is 3.19. The third-order valence-electron chi connectivity index (χ3n) is 8.25. The van der Waals surface area contributed by atoms with E-state index in [-0.39, 0.29) is 32.7 Å². The van der Waals surface area contributed by atoms with Gasteiger partial charge in [-0.3, -0.25) is 9.59 Å². The van der Waals surface area contributed by atoms with Crippen LogP contribution in [-0.2, 0) is 33.3 Å². The number of rotatable bonds is 37. The second-order valence-electron chi connectivity index (χ2n) is 14.9. The van der Waals surface area contributed by atoms with Gasteiger partial charge in [0.1, 0.15) is 13.2 Å². The molecule has 0 saturated carbocycles. The molecule has 2 atom stereocenters. The molecule has 0 spiro atoms. The molecule has 1 N–H and O–H groups in total. The molecular formula is C50H78NO8+. The number of aliphatic carboxylic acids is 1. The van der Waals surface area contributed by atoms with E-state index >= 15 is 0 Å². The van der Waals surface area contributed by atoms with E-state index in [1.807, 2.05) is 33.3 Å². The van der Waals surface area contributed by atoms with E-state index in [9.17, 15) is 19.5 Å². The predicted molar refractivity (Wildman–Crippen MR) is 244 cm³/mol. The number of carbonyl (C=O) groups excluding carboxylic acids is 2. The van der Waals surface area contributed by atoms with E-state index in [2.05, 4.69) is 117 Å². The number of likely N-dealkylation sites (N-methyl/N-ethyl adjacent to an activating group) is 1. The van der Waals surface area contributed by atoms with Crippen molar-refractivity contribution in [3.8, 4) is 0 Å². The third-order valence-corrected chi connectivity index (χ3v) is 8.25. The summed E-state index contributed by atoms with van der Waals surface area (Å²) in [5.41, 5.74) is 0. The maximum atomic E-state index is 12.7. The highest BCUT2D eigenvalue weighted by Crippen LogP contribution is 2.09. The van der Waals surface area contributed by atoms with Crippen LogP contribution in [0.2, 0.25) is 0 Å². The summed E-state index contributed by atoms with van der Waals surface area (Å²) in [7, 11) is 5.90. The van der Waals surface area contributed by atoms with Crippen LogP contribution in [0.1, 0.15) is 117 Å². The zero-order chi connectivity index (χ0) is 43.5. The Morgan fingerprint density at radius 1 is 0.525 bits per heavy atom. The first-order chi connectivity index (χ1) is 28.6. The second kappa shape index (κ2) is 40.5. The molecule has 0 aliphatic heterocycles. The van der Waals surface area contributed by atoms with Crippen LogP contribution >= 0.6 is 0 Å². The summed E-state index contributed by atoms with van der Waals surface area (Å²) in [4.78, 5) is 37.0. The van der Waals surface area contributed by atoms with Crippen molar-refractivity contribution in [2.45, 2.75) is 129 Å². The molecule has 9 nitrogen and oxygen atoms in total. The normalized spacial score (nSPS) is 14.1. The lowest BCUT2D eigenvalue weighted by atomic mass is 10.1. The molecule has 0 bridgehead atoms. The van der Waals surface area contributed by atoms with Crippen LogP contribution < -0.4 is 0 Å². The van der Waals surface area contributed by atoms with Gasteiger partial charge in [-0.1, -0.05) is 142 Å². The number of hydrogen-bond donors (Lipinski definition) is 1. The zero-order valence-electron chi connectivity index (χ0n) is 37.1. The molecule has 0 aliphatic rings. The number of esters is 2. The Morgan fingerprint density at radius 2 is 0.966 bits per heavy atom. The van der Waals surface area contributed by atoms with Crippen LogP contribution in [0, 0.1) is 0 Å². The smallest absolute Gasteiger partial charge is 0.361 e. The Morgan fingerprint density at radius 3 is 1.41 bits per heavy atom. The van der Waals surface area contributed by atoms with Gasteiger partial charge in [0.25, 0.3) is 6.29 Å². The van der Waals surface area contributed by atoms with Gasteiger partial charge in [-0.2, -0.15) is 0 Å². The molecule has 0 saturated heterocycles. The summed E-state index contributed by atoms with van der Waals surface area (Å²) in [5.74, 6) is -2.24. The topological polar surface area (TPSA) is 108 Å². The van der Waals surface area contributed by atoms with Gasteiger partial charge in [0.05, 0.1) is 40.8 Å². The molecule has 0 aromatic carbocycles. The van der Waals surface area contributed by atoms with Crippen molar-refractivity contribution in [3.05, 3.63) is 122 Å². The molecule has 2 unspecified atom stereocenters. The van der Waals surface area contributed by atoms with Gasteiger partial charge in [0.2, 0.25) is 0 Å². The van der Waals surface area contributed by atoms with Gasteiger partial charge in [0.15, 0.2) is 6.10 Å². The summed E-state index contributed by atoms with van der Waals surface area (Å²) >= 11 is 0. The molecule has 0 rings (SSSR count). The van der Waals surface area contributed by atoms with Gasteiger partial charge >= 0.3 is 17.9 Å². The van der Waals surface area contributed by atoms with Gasteiger partial charge in [-0.05, 0) is 83.5 Å². The Kier molecular flexibility index (Phi) is 37.5. The van der Waals surface area contributed by atoms with E-state index in [1.165, 1.54) is 0 Å². The number of carbonyl (C=O) groups is 3. The largest absolute Gasteiger partial charge is 0.477 e. The average molecular weight is 821 g/mol. The molecule has 330 valence electrons. The number of unbranched alkanes of at least 4 members (excludes halogenated alkanes) is 3. The summed E-state index contributed by atoms with van der Waals surface area (Å²) in [6.07, 6.45) is 52.9. The molecule has 59 heavy (non-hydrogen) atoms. The molecule has 0 heterocycles. The Bertz CT molecular complexity index is 1370. The zero-order valence-corrected chi connectivity index (χ0v) is 37.1. The summed E-state index contributed by atoms with van der Waals surface area (Å²) < 4.78 is 22.5. The minimum Gasteiger partial charge on any atom is -0.477 e. The summed E-state index contributed by atoms with van der Waals surface area (Å²) in [5, 5.41) is 9.62. The number of carboxylic acid groups (broad SMARTS) is 1. The lowest BCUT2D eigenvalue weighted by Gasteiger charge is -2.25. The van der Waals surface area contributed by atoms with E-state index in [1.54, 1.807) is 6.08 Å². The maximum absolute atomic E-state index is 12.7. The highest BCUT2D eigenvalue weighted by molar-refractivity contribution is 5.72. The van der Waals surface area contributed by atoms with E-state index < -0.39 is 30.3 Å². The van der Waals surface area contributed by atoms with Crippen molar-refractivity contribution in [1.82, 2.24) is 0 Å². The monoisotopic (exact) mass is 821 g/mol. The van der Waals surface area contributed by atoms with Crippen LogP contribution in [0.5, 0.6) is 0 Å². The minimum atomic E-state index is -1.55. The fraction of sp³-hybridized carbons (Fsp3) is 0.540. The third kappa shape index (κ3) is 41.6. The van der Waals surface area contributed by atoms with Crippen LogP contribution in [0.4, 0.5) is 0 Å². The summed E-state index contributed by atoms with van der Waals surface area (Å²) in [6.45, 7) is 4.44. The van der Waals surface area contributed by atoms with Gasteiger partial charge in [-0.15, -0.1) is 0 Å². The van der Waals surface area contributed by atoms with Crippen molar-refractivity contribution in [1.29, 1.82) is 0 Å². The lowest BCUT2D eigenvalue weighted by molar-refractivity contribution is -0.870. The quantitative estimate of drug-likeness (QED) is 0.0217. The molecule has 0 aromatic rings. The van der Waals surface area contributed by atoms with Crippen molar-refractivity contribution in [2.75, 3.05) is 47.5 Å². The predicted octanol–water partition coefficient (Wildman–Crippen LogP) is 11.4. The number of quaternary nitrogens is 1. The van der Waals surface area contributed by atoms with E-state index in [0.29, 0.717) is 23.9 Å². The van der Waals surface area contributed by atoms with E-state index in [0.717, 1.165) is 77.0 Å². The molecule has 0 aromatic heterocycles. The maximum Gasteiger partial charge on any atom is 0.361 e. The van der Waals surface area contributed by atoms with Gasteiger partial charge in [0, 0.05) is 6.42 Å². The second-order valence-corrected chi connectivity index (χ2v) is 14.9. The van der Waals surface area contributed by atoms with Gasteiger partial charge in [-0.25, -0.2) is 4.79 Å². The standard InChI is InChI=1S/C50H77NO8/c1-6-8-10-12-14-16-18-20-22-23-24-25-27-29-31-33-35-37-39-41-48(53)59-46(45-58-50(49(54)55)56-43-42-51(3,4)5)44-57-47(52)40-38-36-34-32-30-28-26-21-19-17-15-13-11-9-7-2/h8-11,14-17,20-22,24-26,29-32,36,38,46,50H,6-7,12-13,18-19,23,27-28,33-35,37,39-45H2,1-5H3/p+1/b10-8-,11-9-,16-14-,17-15-,22-20-,25-24-,26-21-,31-29-,32-30-,38-36-. The molecule has 0 aliphatic carbocycles. The Balaban J connectivity index is 4.68. The number of allylic oxidation sites excluding steroid dienone is 19. The first kappa shape index (κ1) is 54.7. The fourth-order valence-corrected chi connectivity index (χ4v) is 4.93. The highest BCUT2D eigenvalue weighted by atomic mass is 16.7.